The van der Waals surface area contributed by atoms with Crippen LogP contribution in [0.2, 0.25) is 0 Å². The molecule has 9 heteroatoms. The van der Waals surface area contributed by atoms with Crippen LogP contribution in [-0.4, -0.2) is 40.7 Å². The number of fused-ring (bicyclic) bond motifs is 1. The Morgan fingerprint density at radius 2 is 1.67 bits per heavy atom. The van der Waals surface area contributed by atoms with E-state index in [4.69, 9.17) is 10.1 Å². The van der Waals surface area contributed by atoms with Crippen molar-refractivity contribution in [2.24, 2.45) is 4.99 Å². The number of carbonyl (C=O) groups is 2. The predicted molar refractivity (Wildman–Crippen MR) is 143 cm³/mol. The Balaban J connectivity index is 1.35. The number of hydrogen-bond acceptors (Lipinski definition) is 4. The van der Waals surface area contributed by atoms with Crippen LogP contribution in [0.5, 0.6) is 0 Å². The zero-order chi connectivity index (χ0) is 27.6. The van der Waals surface area contributed by atoms with Crippen molar-refractivity contribution in [1.29, 1.82) is 0 Å². The van der Waals surface area contributed by atoms with Gasteiger partial charge in [-0.3, -0.25) is 14.6 Å². The Kier molecular flexibility index (Phi) is 7.41. The van der Waals surface area contributed by atoms with Crippen LogP contribution < -0.4 is 5.32 Å². The molecule has 3 aromatic rings. The van der Waals surface area contributed by atoms with Gasteiger partial charge in [0, 0.05) is 36.7 Å². The number of halogens is 3. The van der Waals surface area contributed by atoms with Crippen molar-refractivity contribution in [2.45, 2.75) is 43.8 Å². The molecule has 5 rings (SSSR count). The number of nitrogens with one attached hydrogen (secondary N) is 1. The third-order valence-electron chi connectivity index (χ3n) is 7.23. The molecule has 0 spiro atoms. The van der Waals surface area contributed by atoms with E-state index in [9.17, 15) is 22.8 Å². The number of likely N-dealkylation sites (tertiary alicyclic amines) is 1. The predicted octanol–water partition coefficient (Wildman–Crippen LogP) is 6.83. The maximum Gasteiger partial charge on any atom is 0.416 e. The lowest BCUT2D eigenvalue weighted by molar-refractivity contribution is -0.138. The van der Waals surface area contributed by atoms with Crippen LogP contribution in [-0.2, 0) is 11.0 Å². The number of carbonyl (C=O) groups excluding carboxylic acids is 1. The number of hydrogen-bond donors (Lipinski definition) is 2. The first kappa shape index (κ1) is 26.5. The molecule has 1 saturated heterocycles. The number of rotatable bonds is 8. The fourth-order valence-corrected chi connectivity index (χ4v) is 5.02. The normalized spacial score (nSPS) is 17.1. The summed E-state index contributed by atoms with van der Waals surface area (Å²) < 4.78 is 39.3. The Hall–Kier alpha value is -4.14. The third kappa shape index (κ3) is 5.97. The van der Waals surface area contributed by atoms with Crippen LogP contribution in [0.1, 0.15) is 64.7 Å². The molecule has 0 saturated carbocycles. The van der Waals surface area contributed by atoms with Crippen LogP contribution in [0.3, 0.4) is 0 Å². The lowest BCUT2D eigenvalue weighted by Crippen LogP contribution is -2.48. The van der Waals surface area contributed by atoms with Gasteiger partial charge in [-0.2, -0.15) is 13.2 Å². The highest BCUT2D eigenvalue weighted by atomic mass is 19.4. The summed E-state index contributed by atoms with van der Waals surface area (Å²) >= 11 is 0. The number of benzene rings is 3. The van der Waals surface area contributed by atoms with Gasteiger partial charge in [-0.15, -0.1) is 0 Å². The highest BCUT2D eigenvalue weighted by Gasteiger charge is 2.33. The van der Waals surface area contributed by atoms with Crippen molar-refractivity contribution in [1.82, 2.24) is 4.90 Å². The van der Waals surface area contributed by atoms with E-state index in [1.165, 1.54) is 17.7 Å². The van der Waals surface area contributed by atoms with Gasteiger partial charge in [-0.25, -0.2) is 0 Å². The molecular weight excluding hydrogens is 507 g/mol. The Labute approximate surface area is 224 Å². The number of alkyl halides is 3. The van der Waals surface area contributed by atoms with E-state index in [2.05, 4.69) is 17.4 Å². The second-order valence-electron chi connectivity index (χ2n) is 9.95. The second-order valence-corrected chi connectivity index (χ2v) is 9.95. The SMILES string of the molecule is O=C(O)CCCCC1=Nc2cc(C(=O)N3CC(c4ccccc4)C3)ccc2NC1c1ccc(C(F)(F)F)cc1. The molecule has 39 heavy (non-hydrogen) atoms. The summed E-state index contributed by atoms with van der Waals surface area (Å²) in [5, 5.41) is 12.3. The summed E-state index contributed by atoms with van der Waals surface area (Å²) in [6.45, 7) is 1.29. The fraction of sp³-hybridized carbons (Fsp3) is 0.300. The minimum atomic E-state index is -4.43. The number of aliphatic carboxylic acids is 1. The molecule has 1 atom stereocenters. The van der Waals surface area contributed by atoms with Crippen molar-refractivity contribution >= 4 is 29.0 Å². The van der Waals surface area contributed by atoms with E-state index in [-0.39, 0.29) is 12.3 Å². The zero-order valence-electron chi connectivity index (χ0n) is 21.1. The van der Waals surface area contributed by atoms with Crippen LogP contribution in [0, 0.1) is 0 Å². The first-order chi connectivity index (χ1) is 18.7. The first-order valence-corrected chi connectivity index (χ1v) is 12.9. The Morgan fingerprint density at radius 1 is 0.949 bits per heavy atom. The largest absolute Gasteiger partial charge is 0.481 e. The Morgan fingerprint density at radius 3 is 2.33 bits per heavy atom. The molecule has 0 aliphatic carbocycles. The van der Waals surface area contributed by atoms with Gasteiger partial charge in [0.25, 0.3) is 5.91 Å². The number of carboxylic acids is 1. The van der Waals surface area contributed by atoms with Crippen molar-refractivity contribution in [3.05, 3.63) is 95.1 Å². The van der Waals surface area contributed by atoms with E-state index in [0.717, 1.165) is 12.1 Å². The number of nitrogens with zero attached hydrogens (tertiary/aromatic N) is 2. The highest BCUT2D eigenvalue weighted by molar-refractivity contribution is 6.01. The van der Waals surface area contributed by atoms with Crippen molar-refractivity contribution in [3.8, 4) is 0 Å². The summed E-state index contributed by atoms with van der Waals surface area (Å²) in [6.07, 6.45) is -2.92. The average molecular weight is 536 g/mol. The van der Waals surface area contributed by atoms with Gasteiger partial charge in [0.15, 0.2) is 0 Å². The van der Waals surface area contributed by atoms with Gasteiger partial charge in [0.05, 0.1) is 23.0 Å². The quantitative estimate of drug-likeness (QED) is 0.310. The van der Waals surface area contributed by atoms with Crippen molar-refractivity contribution in [2.75, 3.05) is 18.4 Å². The summed E-state index contributed by atoms with van der Waals surface area (Å²) in [5.41, 5.74) is 3.57. The first-order valence-electron chi connectivity index (χ1n) is 12.9. The van der Waals surface area contributed by atoms with E-state index in [0.29, 0.717) is 66.5 Å². The molecule has 1 amide bonds. The smallest absolute Gasteiger partial charge is 0.416 e. The average Bonchev–Trinajstić information content (AvgIpc) is 2.89. The molecule has 2 aliphatic heterocycles. The standard InChI is InChI=1S/C30H28F3N3O3/c31-30(32,33)23-13-10-20(11-14-23)28-25(8-4-5-9-27(37)38)34-26-16-21(12-15-24(26)35-28)29(39)36-17-22(18-36)19-6-2-1-3-7-19/h1-3,6-7,10-16,22,28,35H,4-5,8-9,17-18H2,(H,37,38). The topological polar surface area (TPSA) is 82.0 Å². The highest BCUT2D eigenvalue weighted by Crippen LogP contribution is 2.39. The fourth-order valence-electron chi connectivity index (χ4n) is 5.02. The zero-order valence-corrected chi connectivity index (χ0v) is 21.1. The van der Waals surface area contributed by atoms with Crippen molar-refractivity contribution < 1.29 is 27.9 Å². The van der Waals surface area contributed by atoms with Crippen LogP contribution in [0.15, 0.2) is 77.8 Å². The second kappa shape index (κ2) is 10.9. The summed E-state index contributed by atoms with van der Waals surface area (Å²) in [4.78, 5) is 30.7. The van der Waals surface area contributed by atoms with Gasteiger partial charge >= 0.3 is 12.1 Å². The summed E-state index contributed by atoms with van der Waals surface area (Å²) in [5.74, 6) is -0.644. The number of anilines is 1. The molecule has 2 aliphatic rings. The third-order valence-corrected chi connectivity index (χ3v) is 7.23. The van der Waals surface area contributed by atoms with Gasteiger partial charge in [0.2, 0.25) is 0 Å². The number of amides is 1. The van der Waals surface area contributed by atoms with Gasteiger partial charge in [-0.1, -0.05) is 42.5 Å². The molecule has 2 N–H and O–H groups in total. The van der Waals surface area contributed by atoms with E-state index in [1.54, 1.807) is 23.1 Å². The van der Waals surface area contributed by atoms with Crippen molar-refractivity contribution in [3.63, 3.8) is 0 Å². The number of unbranched alkanes of at least 4 members (excludes halogenated alkanes) is 1. The summed E-state index contributed by atoms with van der Waals surface area (Å²) in [7, 11) is 0. The molecular formula is C30H28F3N3O3. The molecule has 0 bridgehead atoms. The number of aliphatic imine (C=N–C) groups is 1. The summed E-state index contributed by atoms with van der Waals surface area (Å²) in [6, 6.07) is 19.8. The lowest BCUT2D eigenvalue weighted by atomic mass is 9.90. The molecule has 1 fully saturated rings. The minimum absolute atomic E-state index is 0.0285. The van der Waals surface area contributed by atoms with Gasteiger partial charge in [-0.05, 0) is 60.7 Å². The van der Waals surface area contributed by atoms with Gasteiger partial charge in [0.1, 0.15) is 0 Å². The van der Waals surface area contributed by atoms with Gasteiger partial charge < -0.3 is 15.3 Å². The molecule has 1 unspecified atom stereocenters. The monoisotopic (exact) mass is 535 g/mol. The van der Waals surface area contributed by atoms with E-state index < -0.39 is 23.8 Å². The molecule has 2 heterocycles. The van der Waals surface area contributed by atoms with Crippen LogP contribution in [0.25, 0.3) is 0 Å². The van der Waals surface area contributed by atoms with E-state index in [1.807, 2.05) is 18.2 Å². The molecule has 0 aromatic heterocycles. The molecule has 6 nitrogen and oxygen atoms in total. The molecule has 202 valence electrons. The lowest BCUT2D eigenvalue weighted by Gasteiger charge is -2.39. The Bertz CT molecular complexity index is 1380. The maximum atomic E-state index is 13.2. The van der Waals surface area contributed by atoms with Crippen LogP contribution in [0.4, 0.5) is 24.5 Å². The van der Waals surface area contributed by atoms with E-state index >= 15 is 0 Å². The van der Waals surface area contributed by atoms with Crippen LogP contribution >= 0.6 is 0 Å². The molecule has 3 aromatic carbocycles. The molecule has 0 radical (unpaired) electrons. The minimum Gasteiger partial charge on any atom is -0.481 e. The number of carboxylic acid groups (broad SMARTS) is 1. The maximum absolute atomic E-state index is 13.2.